The number of piperidine rings is 1. The summed E-state index contributed by atoms with van der Waals surface area (Å²) in [7, 11) is 0. The van der Waals surface area contributed by atoms with Crippen molar-refractivity contribution in [3.8, 4) is 5.69 Å². The van der Waals surface area contributed by atoms with Crippen molar-refractivity contribution in [1.82, 2.24) is 14.5 Å². The Morgan fingerprint density at radius 3 is 2.57 bits per heavy atom. The summed E-state index contributed by atoms with van der Waals surface area (Å²) in [6.45, 7) is 1.11. The normalized spacial score (nSPS) is 16.3. The van der Waals surface area contributed by atoms with Crippen molar-refractivity contribution in [2.45, 2.75) is 19.3 Å². The van der Waals surface area contributed by atoms with Crippen molar-refractivity contribution in [3.05, 3.63) is 77.7 Å². The van der Waals surface area contributed by atoms with Crippen LogP contribution < -0.4 is 5.32 Å². The zero-order valence-electron chi connectivity index (χ0n) is 16.5. The lowest BCUT2D eigenvalue weighted by molar-refractivity contribution is -0.133. The van der Waals surface area contributed by atoms with E-state index in [9.17, 15) is 9.59 Å². The van der Waals surface area contributed by atoms with E-state index in [1.807, 2.05) is 53.4 Å². The van der Waals surface area contributed by atoms with Crippen LogP contribution in [0.25, 0.3) is 5.69 Å². The predicted octanol–water partition coefficient (Wildman–Crippen LogP) is 3.95. The maximum atomic E-state index is 12.8. The van der Waals surface area contributed by atoms with Gasteiger partial charge in [0.05, 0.1) is 17.4 Å². The number of carbonyl (C=O) groups is 2. The molecule has 1 fully saturated rings. The number of aromatic nitrogens is 2. The van der Waals surface area contributed by atoms with Gasteiger partial charge in [0.2, 0.25) is 11.8 Å². The molecular formula is C23H23ClN4O2. The fourth-order valence-corrected chi connectivity index (χ4v) is 3.79. The molecule has 30 heavy (non-hydrogen) atoms. The molecule has 2 aromatic heterocycles. The Hall–Kier alpha value is -3.12. The van der Waals surface area contributed by atoms with Gasteiger partial charge in [-0.1, -0.05) is 23.7 Å². The van der Waals surface area contributed by atoms with Gasteiger partial charge in [0.25, 0.3) is 0 Å². The van der Waals surface area contributed by atoms with Crippen molar-refractivity contribution in [3.63, 3.8) is 0 Å². The molecule has 3 aromatic rings. The number of hydrogen-bond donors (Lipinski definition) is 1. The third-order valence-electron chi connectivity index (χ3n) is 5.32. The second-order valence-electron chi connectivity index (χ2n) is 7.46. The highest BCUT2D eigenvalue weighted by atomic mass is 35.5. The monoisotopic (exact) mass is 422 g/mol. The van der Waals surface area contributed by atoms with Crippen molar-refractivity contribution in [2.75, 3.05) is 18.4 Å². The highest BCUT2D eigenvalue weighted by molar-refractivity contribution is 6.30. The zero-order valence-corrected chi connectivity index (χ0v) is 17.3. The molecule has 7 heteroatoms. The quantitative estimate of drug-likeness (QED) is 0.677. The van der Waals surface area contributed by atoms with E-state index in [1.165, 1.54) is 6.20 Å². The van der Waals surface area contributed by atoms with Gasteiger partial charge in [-0.25, -0.2) is 4.98 Å². The molecule has 0 radical (unpaired) electrons. The van der Waals surface area contributed by atoms with Crippen LogP contribution in [0.4, 0.5) is 5.82 Å². The van der Waals surface area contributed by atoms with Crippen LogP contribution in [0.1, 0.15) is 18.4 Å². The van der Waals surface area contributed by atoms with Gasteiger partial charge >= 0.3 is 0 Å². The van der Waals surface area contributed by atoms with Gasteiger partial charge in [0.1, 0.15) is 5.82 Å². The van der Waals surface area contributed by atoms with E-state index >= 15 is 0 Å². The number of anilines is 1. The first-order valence-electron chi connectivity index (χ1n) is 10.0. The fourth-order valence-electron chi connectivity index (χ4n) is 3.67. The first-order valence-corrected chi connectivity index (χ1v) is 10.4. The van der Waals surface area contributed by atoms with Crippen LogP contribution in [0.5, 0.6) is 0 Å². The van der Waals surface area contributed by atoms with Gasteiger partial charge in [-0.05, 0) is 54.8 Å². The minimum Gasteiger partial charge on any atom is -0.342 e. The fraction of sp³-hybridized carbons (Fsp3) is 0.261. The first-order chi connectivity index (χ1) is 14.6. The Morgan fingerprint density at radius 2 is 1.87 bits per heavy atom. The van der Waals surface area contributed by atoms with Crippen LogP contribution in [0.15, 0.2) is 67.1 Å². The molecule has 6 nitrogen and oxygen atoms in total. The van der Waals surface area contributed by atoms with Gasteiger partial charge in [-0.3, -0.25) is 9.59 Å². The van der Waals surface area contributed by atoms with Crippen molar-refractivity contribution in [1.29, 1.82) is 0 Å². The first kappa shape index (κ1) is 20.2. The number of rotatable bonds is 5. The standard InChI is InChI=1S/C23H23ClN4O2/c24-19-7-10-21(25-15-19)26-23(30)18-4-3-13-28(16-18)22(29)14-17-5-8-20(9-6-17)27-11-1-2-12-27/h1-2,5-12,15,18H,3-4,13-14,16H2,(H,25,26,30). The molecule has 0 spiro atoms. The molecule has 1 atom stereocenters. The third-order valence-corrected chi connectivity index (χ3v) is 5.54. The van der Waals surface area contributed by atoms with E-state index in [0.717, 1.165) is 24.1 Å². The topological polar surface area (TPSA) is 67.2 Å². The molecule has 0 aliphatic carbocycles. The summed E-state index contributed by atoms with van der Waals surface area (Å²) in [4.78, 5) is 31.3. The molecule has 1 aliphatic rings. The molecule has 1 aromatic carbocycles. The van der Waals surface area contributed by atoms with Crippen LogP contribution in [0, 0.1) is 5.92 Å². The Morgan fingerprint density at radius 1 is 1.10 bits per heavy atom. The average molecular weight is 423 g/mol. The molecule has 1 N–H and O–H groups in total. The minimum absolute atomic E-state index is 0.0471. The second kappa shape index (κ2) is 9.13. The van der Waals surface area contributed by atoms with Crippen LogP contribution in [-0.2, 0) is 16.0 Å². The molecule has 0 bridgehead atoms. The molecule has 1 unspecified atom stereocenters. The summed E-state index contributed by atoms with van der Waals surface area (Å²) in [6.07, 6.45) is 7.37. The van der Waals surface area contributed by atoms with E-state index in [-0.39, 0.29) is 17.7 Å². The summed E-state index contributed by atoms with van der Waals surface area (Å²) in [5.74, 6) is 0.163. The third kappa shape index (κ3) is 4.89. The number of pyridine rings is 1. The van der Waals surface area contributed by atoms with Crippen LogP contribution >= 0.6 is 11.6 Å². The molecule has 0 saturated carbocycles. The van der Waals surface area contributed by atoms with Gasteiger partial charge < -0.3 is 14.8 Å². The number of benzene rings is 1. The smallest absolute Gasteiger partial charge is 0.230 e. The zero-order chi connectivity index (χ0) is 20.9. The van der Waals surface area contributed by atoms with E-state index in [0.29, 0.717) is 30.4 Å². The van der Waals surface area contributed by atoms with E-state index in [4.69, 9.17) is 11.6 Å². The van der Waals surface area contributed by atoms with Crippen LogP contribution in [0.3, 0.4) is 0 Å². The average Bonchev–Trinajstić information content (AvgIpc) is 3.31. The highest BCUT2D eigenvalue weighted by Crippen LogP contribution is 2.20. The maximum absolute atomic E-state index is 12.8. The van der Waals surface area contributed by atoms with E-state index in [2.05, 4.69) is 10.3 Å². The van der Waals surface area contributed by atoms with E-state index in [1.54, 1.807) is 17.0 Å². The Balaban J connectivity index is 1.34. The lowest BCUT2D eigenvalue weighted by Crippen LogP contribution is -2.44. The largest absolute Gasteiger partial charge is 0.342 e. The number of halogens is 1. The number of carbonyl (C=O) groups excluding carboxylic acids is 2. The SMILES string of the molecule is O=C(Nc1ccc(Cl)cn1)C1CCCN(C(=O)Cc2ccc(-n3cccc3)cc2)C1. The van der Waals surface area contributed by atoms with Crippen LogP contribution in [-0.4, -0.2) is 39.4 Å². The number of nitrogens with zero attached hydrogens (tertiary/aromatic N) is 3. The number of amides is 2. The molecular weight excluding hydrogens is 400 g/mol. The summed E-state index contributed by atoms with van der Waals surface area (Å²) >= 11 is 5.83. The molecule has 2 amide bonds. The number of hydrogen-bond acceptors (Lipinski definition) is 3. The Kier molecular flexibility index (Phi) is 6.14. The molecule has 1 aliphatic heterocycles. The van der Waals surface area contributed by atoms with Gasteiger partial charge in [0.15, 0.2) is 0 Å². The summed E-state index contributed by atoms with van der Waals surface area (Å²) < 4.78 is 2.02. The van der Waals surface area contributed by atoms with Crippen molar-refractivity contribution in [2.24, 2.45) is 5.92 Å². The second-order valence-corrected chi connectivity index (χ2v) is 7.90. The summed E-state index contributed by atoms with van der Waals surface area (Å²) in [5.41, 5.74) is 2.02. The lowest BCUT2D eigenvalue weighted by Gasteiger charge is -2.32. The lowest BCUT2D eigenvalue weighted by atomic mass is 9.96. The molecule has 4 rings (SSSR count). The number of likely N-dealkylation sites (tertiary alicyclic amines) is 1. The highest BCUT2D eigenvalue weighted by Gasteiger charge is 2.28. The Labute approximate surface area is 180 Å². The van der Waals surface area contributed by atoms with Gasteiger partial charge in [-0.2, -0.15) is 0 Å². The summed E-state index contributed by atoms with van der Waals surface area (Å²) in [5, 5.41) is 3.34. The van der Waals surface area contributed by atoms with Gasteiger partial charge in [0, 0.05) is 37.4 Å². The summed E-state index contributed by atoms with van der Waals surface area (Å²) in [6, 6.07) is 15.3. The Bertz CT molecular complexity index is 1000. The predicted molar refractivity (Wildman–Crippen MR) is 117 cm³/mol. The molecule has 154 valence electrons. The van der Waals surface area contributed by atoms with E-state index < -0.39 is 0 Å². The van der Waals surface area contributed by atoms with Crippen molar-refractivity contribution < 1.29 is 9.59 Å². The maximum Gasteiger partial charge on any atom is 0.230 e. The van der Waals surface area contributed by atoms with Crippen molar-refractivity contribution >= 4 is 29.2 Å². The van der Waals surface area contributed by atoms with Gasteiger partial charge in [-0.15, -0.1) is 0 Å². The molecule has 3 heterocycles. The van der Waals surface area contributed by atoms with Crippen LogP contribution in [0.2, 0.25) is 5.02 Å². The minimum atomic E-state index is -0.240. The number of nitrogens with one attached hydrogen (secondary N) is 1. The molecule has 1 saturated heterocycles.